The number of nitrogens with zero attached hydrogens (tertiary/aromatic N) is 3. The molecule has 2 aromatic carbocycles. The molecule has 4 aromatic rings. The number of aromatic nitrogens is 2. The van der Waals surface area contributed by atoms with E-state index in [4.69, 9.17) is 13.9 Å². The van der Waals surface area contributed by atoms with Gasteiger partial charge in [-0.3, -0.25) is 0 Å². The Hall–Kier alpha value is -3.72. The maximum absolute atomic E-state index is 14.9. The van der Waals surface area contributed by atoms with Crippen LogP contribution < -0.4 is 15.3 Å². The number of fused-ring (bicyclic) bond motifs is 2. The van der Waals surface area contributed by atoms with Crippen molar-refractivity contribution in [2.75, 3.05) is 31.7 Å². The highest BCUT2D eigenvalue weighted by Crippen LogP contribution is 2.41. The van der Waals surface area contributed by atoms with Gasteiger partial charge in [0, 0.05) is 29.6 Å². The van der Waals surface area contributed by atoms with Crippen molar-refractivity contribution >= 4 is 27.5 Å². The molecule has 35 heavy (non-hydrogen) atoms. The molecule has 8 nitrogen and oxygen atoms in total. The van der Waals surface area contributed by atoms with Crippen LogP contribution in [0.5, 0.6) is 11.8 Å². The number of rotatable bonds is 3. The van der Waals surface area contributed by atoms with E-state index >= 15 is 0 Å². The Labute approximate surface area is 199 Å². The minimum absolute atomic E-state index is 0.0692. The normalized spacial score (nSPS) is 17.2. The van der Waals surface area contributed by atoms with Crippen molar-refractivity contribution in [2.45, 2.75) is 31.8 Å². The molecular formula is C26H24FN3O5. The highest BCUT2D eigenvalue weighted by molar-refractivity contribution is 6.00. The van der Waals surface area contributed by atoms with E-state index in [9.17, 15) is 14.3 Å². The summed E-state index contributed by atoms with van der Waals surface area (Å²) in [7, 11) is 1.47. The maximum atomic E-state index is 14.9. The number of hydrogen-bond donors (Lipinski definition) is 1. The number of phenols is 1. The van der Waals surface area contributed by atoms with Crippen LogP contribution in [0.25, 0.3) is 33.0 Å². The zero-order valence-electron chi connectivity index (χ0n) is 19.4. The van der Waals surface area contributed by atoms with Crippen LogP contribution >= 0.6 is 0 Å². The van der Waals surface area contributed by atoms with Gasteiger partial charge < -0.3 is 23.9 Å². The molecule has 1 spiro atoms. The molecule has 6 rings (SSSR count). The summed E-state index contributed by atoms with van der Waals surface area (Å²) in [4.78, 5) is 24.5. The van der Waals surface area contributed by atoms with E-state index in [0.717, 1.165) is 19.3 Å². The van der Waals surface area contributed by atoms with Gasteiger partial charge in [0.15, 0.2) is 5.82 Å². The van der Waals surface area contributed by atoms with Crippen LogP contribution in [-0.4, -0.2) is 47.5 Å². The third-order valence-corrected chi connectivity index (χ3v) is 7.11. The Morgan fingerprint density at radius 1 is 1.20 bits per heavy atom. The minimum atomic E-state index is -0.639. The Morgan fingerprint density at radius 2 is 2.03 bits per heavy atom. The first-order valence-electron chi connectivity index (χ1n) is 11.6. The van der Waals surface area contributed by atoms with Crippen molar-refractivity contribution in [2.24, 2.45) is 0 Å². The lowest BCUT2D eigenvalue weighted by Gasteiger charge is -2.48. The van der Waals surface area contributed by atoms with Crippen LogP contribution in [0.4, 0.5) is 10.2 Å². The van der Waals surface area contributed by atoms with E-state index in [1.54, 1.807) is 19.1 Å². The quantitative estimate of drug-likeness (QED) is 0.466. The lowest BCUT2D eigenvalue weighted by atomic mass is 9.79. The van der Waals surface area contributed by atoms with Gasteiger partial charge in [0.05, 0.1) is 24.8 Å². The number of morpholine rings is 1. The van der Waals surface area contributed by atoms with Crippen LogP contribution in [-0.2, 0) is 4.74 Å². The SMILES string of the molecule is COc1nc(N2CCOC3(CCC3)C2)c2c(=O)oc(-c3cc(O)cc4cccc(F)c34)c(C)c2n1. The molecule has 1 N–H and O–H groups in total. The summed E-state index contributed by atoms with van der Waals surface area (Å²) in [5, 5.41) is 11.3. The van der Waals surface area contributed by atoms with Crippen LogP contribution in [0.3, 0.4) is 0 Å². The van der Waals surface area contributed by atoms with Crippen LogP contribution in [0.2, 0.25) is 0 Å². The number of anilines is 1. The Balaban J connectivity index is 1.60. The first-order valence-corrected chi connectivity index (χ1v) is 11.6. The summed E-state index contributed by atoms with van der Waals surface area (Å²) < 4.78 is 32.1. The number of phenolic OH excluding ortho intramolecular Hbond substituents is 1. The average Bonchev–Trinajstić information content (AvgIpc) is 2.84. The summed E-state index contributed by atoms with van der Waals surface area (Å²) in [6.45, 7) is 3.47. The Bertz CT molecular complexity index is 1550. The largest absolute Gasteiger partial charge is 0.508 e. The van der Waals surface area contributed by atoms with Crippen molar-refractivity contribution in [1.29, 1.82) is 0 Å². The molecule has 0 amide bonds. The van der Waals surface area contributed by atoms with E-state index in [0.29, 0.717) is 42.0 Å². The number of aromatic hydroxyl groups is 1. The van der Waals surface area contributed by atoms with Gasteiger partial charge in [0.2, 0.25) is 0 Å². The summed E-state index contributed by atoms with van der Waals surface area (Å²) >= 11 is 0. The van der Waals surface area contributed by atoms with Gasteiger partial charge in [-0.1, -0.05) is 12.1 Å². The fraction of sp³-hybridized carbons (Fsp3) is 0.346. The molecule has 3 heterocycles. The number of aryl methyl sites for hydroxylation is 1. The van der Waals surface area contributed by atoms with E-state index in [-0.39, 0.29) is 39.5 Å². The second-order valence-corrected chi connectivity index (χ2v) is 9.24. The van der Waals surface area contributed by atoms with Gasteiger partial charge in [-0.05, 0) is 49.8 Å². The van der Waals surface area contributed by atoms with Crippen LogP contribution in [0.15, 0.2) is 39.5 Å². The molecule has 1 aliphatic heterocycles. The third kappa shape index (κ3) is 3.41. The van der Waals surface area contributed by atoms with Gasteiger partial charge in [-0.15, -0.1) is 0 Å². The monoisotopic (exact) mass is 477 g/mol. The zero-order chi connectivity index (χ0) is 24.3. The summed E-state index contributed by atoms with van der Waals surface area (Å²) in [6, 6.07) is 7.56. The highest BCUT2D eigenvalue weighted by atomic mass is 19.1. The number of methoxy groups -OCH3 is 1. The molecule has 1 aliphatic carbocycles. The molecule has 180 valence electrons. The second-order valence-electron chi connectivity index (χ2n) is 9.24. The standard InChI is InChI=1S/C26H24FN3O5/c1-14-21-20(23(29-25(28-21)33-2)30-9-10-34-26(13-30)7-4-8-26)24(32)35-22(14)17-12-16(31)11-15-5-3-6-18(27)19(15)17/h3,5-6,11-12,31H,4,7-10,13H2,1-2H3. The number of ether oxygens (including phenoxy) is 2. The Morgan fingerprint density at radius 3 is 2.77 bits per heavy atom. The van der Waals surface area contributed by atoms with Gasteiger partial charge in [0.25, 0.3) is 0 Å². The van der Waals surface area contributed by atoms with E-state index < -0.39 is 11.4 Å². The van der Waals surface area contributed by atoms with Gasteiger partial charge >= 0.3 is 11.6 Å². The molecular weight excluding hydrogens is 453 g/mol. The maximum Gasteiger partial charge on any atom is 0.349 e. The fourth-order valence-corrected chi connectivity index (χ4v) is 5.24. The predicted octanol–water partition coefficient (Wildman–Crippen LogP) is 4.32. The molecule has 0 unspecified atom stereocenters. The van der Waals surface area contributed by atoms with Crippen molar-refractivity contribution in [3.63, 3.8) is 0 Å². The van der Waals surface area contributed by atoms with Crippen LogP contribution in [0.1, 0.15) is 24.8 Å². The zero-order valence-corrected chi connectivity index (χ0v) is 19.4. The highest BCUT2D eigenvalue weighted by Gasteiger charge is 2.43. The first-order chi connectivity index (χ1) is 16.9. The topological polar surface area (TPSA) is 97.9 Å². The van der Waals surface area contributed by atoms with E-state index in [2.05, 4.69) is 9.97 Å². The smallest absolute Gasteiger partial charge is 0.349 e. The molecule has 2 aliphatic rings. The Kier molecular flexibility index (Phi) is 4.93. The first kappa shape index (κ1) is 21.8. The predicted molar refractivity (Wildman–Crippen MR) is 129 cm³/mol. The van der Waals surface area contributed by atoms with Crippen molar-refractivity contribution in [1.82, 2.24) is 9.97 Å². The third-order valence-electron chi connectivity index (χ3n) is 7.11. The lowest BCUT2D eigenvalue weighted by molar-refractivity contribution is -0.106. The molecule has 1 saturated heterocycles. The minimum Gasteiger partial charge on any atom is -0.508 e. The summed E-state index contributed by atoms with van der Waals surface area (Å²) in [5.41, 5.74) is 0.299. The lowest BCUT2D eigenvalue weighted by Crippen LogP contribution is -2.56. The molecule has 1 saturated carbocycles. The van der Waals surface area contributed by atoms with Crippen LogP contribution in [0, 0.1) is 12.7 Å². The number of benzene rings is 2. The molecule has 9 heteroatoms. The average molecular weight is 477 g/mol. The van der Waals surface area contributed by atoms with Crippen molar-refractivity contribution < 1.29 is 23.4 Å². The number of hydrogen-bond acceptors (Lipinski definition) is 8. The number of halogens is 1. The summed E-state index contributed by atoms with van der Waals surface area (Å²) in [5.74, 6) is 0.0226. The van der Waals surface area contributed by atoms with Crippen molar-refractivity contribution in [3.05, 3.63) is 52.1 Å². The van der Waals surface area contributed by atoms with Crippen molar-refractivity contribution in [3.8, 4) is 23.1 Å². The van der Waals surface area contributed by atoms with Gasteiger partial charge in [0.1, 0.15) is 22.7 Å². The second kappa shape index (κ2) is 7.91. The molecule has 0 bridgehead atoms. The molecule has 2 fully saturated rings. The van der Waals surface area contributed by atoms with Gasteiger partial charge in [-0.25, -0.2) is 9.18 Å². The molecule has 2 aromatic heterocycles. The molecule has 0 atom stereocenters. The van der Waals surface area contributed by atoms with Gasteiger partial charge in [-0.2, -0.15) is 9.97 Å². The molecule has 0 radical (unpaired) electrons. The van der Waals surface area contributed by atoms with E-state index in [1.807, 2.05) is 4.90 Å². The van der Waals surface area contributed by atoms with E-state index in [1.165, 1.54) is 25.3 Å². The fourth-order valence-electron chi connectivity index (χ4n) is 5.24. The summed E-state index contributed by atoms with van der Waals surface area (Å²) in [6.07, 6.45) is 3.05.